The van der Waals surface area contributed by atoms with E-state index in [0.29, 0.717) is 5.41 Å². The highest BCUT2D eigenvalue weighted by Crippen LogP contribution is 2.27. The first-order valence-electron chi connectivity index (χ1n) is 7.14. The average molecular weight is 325 g/mol. The highest BCUT2D eigenvalue weighted by atomic mass is 79.9. The van der Waals surface area contributed by atoms with Gasteiger partial charge in [0.15, 0.2) is 0 Å². The Kier molecular flexibility index (Phi) is 5.04. The lowest BCUT2D eigenvalue weighted by Crippen LogP contribution is -2.47. The molecule has 0 saturated carbocycles. The van der Waals surface area contributed by atoms with Crippen molar-refractivity contribution >= 4 is 15.9 Å². The van der Waals surface area contributed by atoms with E-state index in [1.54, 1.807) is 0 Å². The molecule has 2 nitrogen and oxygen atoms in total. The molecule has 0 aliphatic carbocycles. The molecule has 0 spiro atoms. The lowest BCUT2D eigenvalue weighted by Gasteiger charge is -2.35. The van der Waals surface area contributed by atoms with Gasteiger partial charge in [-0.05, 0) is 42.0 Å². The predicted molar refractivity (Wildman–Crippen MR) is 85.7 cm³/mol. The summed E-state index contributed by atoms with van der Waals surface area (Å²) in [5, 5.41) is 3.42. The second-order valence-electron chi connectivity index (χ2n) is 6.44. The van der Waals surface area contributed by atoms with Crippen LogP contribution in [0, 0.1) is 12.3 Å². The number of nitrogens with zero attached hydrogens (tertiary/aromatic N) is 1. The summed E-state index contributed by atoms with van der Waals surface area (Å²) in [6.45, 7) is 12.8. The highest BCUT2D eigenvalue weighted by Gasteiger charge is 2.24. The van der Waals surface area contributed by atoms with E-state index >= 15 is 0 Å². The molecule has 0 amide bonds. The first-order chi connectivity index (χ1) is 8.96. The molecular weight excluding hydrogens is 300 g/mol. The van der Waals surface area contributed by atoms with Crippen molar-refractivity contribution in [3.8, 4) is 0 Å². The highest BCUT2D eigenvalue weighted by molar-refractivity contribution is 9.10. The number of nitrogens with one attached hydrogen (secondary N) is 1. The van der Waals surface area contributed by atoms with Crippen LogP contribution >= 0.6 is 15.9 Å². The van der Waals surface area contributed by atoms with E-state index in [1.165, 1.54) is 35.2 Å². The molecule has 1 heterocycles. The maximum atomic E-state index is 3.58. The minimum Gasteiger partial charge on any atom is -0.314 e. The fourth-order valence-electron chi connectivity index (χ4n) is 2.88. The van der Waals surface area contributed by atoms with E-state index in [9.17, 15) is 0 Å². The van der Waals surface area contributed by atoms with Gasteiger partial charge >= 0.3 is 0 Å². The average Bonchev–Trinajstić information content (AvgIpc) is 2.34. The monoisotopic (exact) mass is 324 g/mol. The van der Waals surface area contributed by atoms with E-state index in [-0.39, 0.29) is 0 Å². The number of hydrogen-bond donors (Lipinski definition) is 1. The molecule has 1 aromatic carbocycles. The van der Waals surface area contributed by atoms with Gasteiger partial charge in [0, 0.05) is 37.2 Å². The molecule has 3 heteroatoms. The van der Waals surface area contributed by atoms with Crippen LogP contribution in [0.25, 0.3) is 0 Å². The summed E-state index contributed by atoms with van der Waals surface area (Å²) >= 11 is 3.58. The predicted octanol–water partition coefficient (Wildman–Crippen LogP) is 3.23. The first kappa shape index (κ1) is 15.0. The minimum absolute atomic E-state index is 0.322. The quantitative estimate of drug-likeness (QED) is 0.914. The lowest BCUT2D eigenvalue weighted by atomic mass is 9.83. The fraction of sp³-hybridized carbons (Fsp3) is 0.625. The Morgan fingerprint density at radius 1 is 1.26 bits per heavy atom. The maximum absolute atomic E-state index is 3.58. The van der Waals surface area contributed by atoms with Crippen molar-refractivity contribution in [3.05, 3.63) is 33.8 Å². The van der Waals surface area contributed by atoms with Gasteiger partial charge in [-0.1, -0.05) is 35.8 Å². The number of hydrogen-bond acceptors (Lipinski definition) is 2. The lowest BCUT2D eigenvalue weighted by molar-refractivity contribution is 0.160. The van der Waals surface area contributed by atoms with Crippen LogP contribution in [0.5, 0.6) is 0 Å². The summed E-state index contributed by atoms with van der Waals surface area (Å²) in [7, 11) is 0. The smallest absolute Gasteiger partial charge is 0.0178 e. The normalized spacial score (nSPS) is 17.7. The van der Waals surface area contributed by atoms with Gasteiger partial charge in [-0.15, -0.1) is 0 Å². The standard InChI is InChI=1S/C16H25BrN2/c1-13-4-5-15(17)10-14(13)11-16(2,3)12-19-8-6-18-7-9-19/h4-5,10,18H,6-9,11-12H2,1-3H3. The topological polar surface area (TPSA) is 15.3 Å². The summed E-state index contributed by atoms with van der Waals surface area (Å²) < 4.78 is 1.19. The Bertz CT molecular complexity index is 423. The van der Waals surface area contributed by atoms with Crippen LogP contribution in [-0.4, -0.2) is 37.6 Å². The summed E-state index contributed by atoms with van der Waals surface area (Å²) in [4.78, 5) is 2.59. The van der Waals surface area contributed by atoms with E-state index in [2.05, 4.69) is 65.1 Å². The van der Waals surface area contributed by atoms with Crippen molar-refractivity contribution in [2.45, 2.75) is 27.2 Å². The van der Waals surface area contributed by atoms with Crippen LogP contribution in [0.15, 0.2) is 22.7 Å². The summed E-state index contributed by atoms with van der Waals surface area (Å²) in [5.41, 5.74) is 3.19. The molecule has 1 N–H and O–H groups in total. The third-order valence-corrected chi connectivity index (χ3v) is 4.33. The van der Waals surface area contributed by atoms with Crippen molar-refractivity contribution in [1.29, 1.82) is 0 Å². The van der Waals surface area contributed by atoms with Crippen LogP contribution < -0.4 is 5.32 Å². The van der Waals surface area contributed by atoms with Crippen molar-refractivity contribution in [2.75, 3.05) is 32.7 Å². The zero-order chi connectivity index (χ0) is 13.9. The van der Waals surface area contributed by atoms with Gasteiger partial charge < -0.3 is 10.2 Å². The van der Waals surface area contributed by atoms with Crippen molar-refractivity contribution in [2.24, 2.45) is 5.41 Å². The van der Waals surface area contributed by atoms with Crippen LogP contribution in [0.1, 0.15) is 25.0 Å². The van der Waals surface area contributed by atoms with Gasteiger partial charge in [-0.2, -0.15) is 0 Å². The van der Waals surface area contributed by atoms with Crippen molar-refractivity contribution in [1.82, 2.24) is 10.2 Å². The third kappa shape index (κ3) is 4.59. The summed E-state index contributed by atoms with van der Waals surface area (Å²) in [5.74, 6) is 0. The largest absolute Gasteiger partial charge is 0.314 e. The Balaban J connectivity index is 2.00. The third-order valence-electron chi connectivity index (χ3n) is 3.84. The van der Waals surface area contributed by atoms with Crippen LogP contribution in [0.2, 0.25) is 0 Å². The van der Waals surface area contributed by atoms with Gasteiger partial charge in [-0.25, -0.2) is 0 Å². The number of halogens is 1. The molecule has 1 aliphatic rings. The van der Waals surface area contributed by atoms with E-state index in [4.69, 9.17) is 0 Å². The van der Waals surface area contributed by atoms with E-state index in [0.717, 1.165) is 19.5 Å². The van der Waals surface area contributed by atoms with Crippen LogP contribution in [0.4, 0.5) is 0 Å². The molecule has 0 radical (unpaired) electrons. The zero-order valence-corrected chi connectivity index (χ0v) is 13.9. The first-order valence-corrected chi connectivity index (χ1v) is 7.94. The molecule has 106 valence electrons. The second kappa shape index (κ2) is 6.38. The maximum Gasteiger partial charge on any atom is 0.0178 e. The van der Waals surface area contributed by atoms with E-state index < -0.39 is 0 Å². The minimum atomic E-state index is 0.322. The van der Waals surface area contributed by atoms with Crippen LogP contribution in [-0.2, 0) is 6.42 Å². The van der Waals surface area contributed by atoms with Crippen molar-refractivity contribution in [3.63, 3.8) is 0 Å². The molecule has 1 saturated heterocycles. The Morgan fingerprint density at radius 3 is 2.63 bits per heavy atom. The molecule has 0 unspecified atom stereocenters. The SMILES string of the molecule is Cc1ccc(Br)cc1CC(C)(C)CN1CCNCC1. The molecule has 1 aromatic rings. The number of aryl methyl sites for hydroxylation is 1. The number of piperazine rings is 1. The Morgan fingerprint density at radius 2 is 1.95 bits per heavy atom. The fourth-order valence-corrected chi connectivity index (χ4v) is 3.29. The molecule has 0 bridgehead atoms. The van der Waals surface area contributed by atoms with E-state index in [1.807, 2.05) is 0 Å². The molecule has 0 atom stereocenters. The molecule has 2 rings (SSSR count). The second-order valence-corrected chi connectivity index (χ2v) is 7.35. The summed E-state index contributed by atoms with van der Waals surface area (Å²) in [6, 6.07) is 6.61. The Labute approximate surface area is 125 Å². The van der Waals surface area contributed by atoms with Gasteiger partial charge in [0.1, 0.15) is 0 Å². The van der Waals surface area contributed by atoms with Gasteiger partial charge in [0.25, 0.3) is 0 Å². The van der Waals surface area contributed by atoms with Gasteiger partial charge in [0.2, 0.25) is 0 Å². The molecule has 0 aromatic heterocycles. The summed E-state index contributed by atoms with van der Waals surface area (Å²) in [6.07, 6.45) is 1.14. The molecule has 19 heavy (non-hydrogen) atoms. The van der Waals surface area contributed by atoms with Gasteiger partial charge in [-0.3, -0.25) is 0 Å². The number of rotatable bonds is 4. The molecular formula is C16H25BrN2. The van der Waals surface area contributed by atoms with Crippen molar-refractivity contribution < 1.29 is 0 Å². The van der Waals surface area contributed by atoms with Gasteiger partial charge in [0.05, 0.1) is 0 Å². The Hall–Kier alpha value is -0.380. The zero-order valence-electron chi connectivity index (χ0n) is 12.3. The van der Waals surface area contributed by atoms with Crippen LogP contribution in [0.3, 0.4) is 0 Å². The number of benzene rings is 1. The molecule has 1 aliphatic heterocycles. The molecule has 1 fully saturated rings.